The summed E-state index contributed by atoms with van der Waals surface area (Å²) >= 11 is 0. The van der Waals surface area contributed by atoms with Crippen molar-refractivity contribution >= 4 is 35.8 Å². The number of ether oxygens (including phenoxy) is 3. The molecule has 1 atom stereocenters. The van der Waals surface area contributed by atoms with Crippen LogP contribution in [-0.2, 0) is 39.9 Å². The highest BCUT2D eigenvalue weighted by atomic mass is 16.5. The maximum absolute atomic E-state index is 12.2. The molecule has 14 heteroatoms. The van der Waals surface area contributed by atoms with Gasteiger partial charge in [-0.15, -0.1) is 10.2 Å². The number of hydrogen-bond donors (Lipinski definition) is 4. The third kappa shape index (κ3) is 17.9. The fraction of sp³-hybridized carbons (Fsp3) is 0.600. The van der Waals surface area contributed by atoms with Gasteiger partial charge in [-0.05, 0) is 24.3 Å². The molecular formula is C30H49N7O7. The fourth-order valence-corrected chi connectivity index (χ4v) is 3.42. The number of carbonyl (C=O) groups is 4. The smallest absolute Gasteiger partial charge is 0.229 e. The number of amides is 4. The minimum Gasteiger partial charge on any atom is -0.386 e. The van der Waals surface area contributed by atoms with Crippen LogP contribution in [0.1, 0.15) is 58.1 Å². The zero-order valence-electron chi connectivity index (χ0n) is 26.4. The van der Waals surface area contributed by atoms with Crippen LogP contribution in [0.25, 0.3) is 0 Å². The molecule has 0 saturated carbocycles. The summed E-state index contributed by atoms with van der Waals surface area (Å²) in [6.07, 6.45) is 1.02. The van der Waals surface area contributed by atoms with E-state index >= 15 is 0 Å². The molecule has 0 aliphatic carbocycles. The van der Waals surface area contributed by atoms with E-state index in [1.54, 1.807) is 19.1 Å². The van der Waals surface area contributed by atoms with Gasteiger partial charge in [0.2, 0.25) is 24.1 Å². The van der Waals surface area contributed by atoms with E-state index in [2.05, 4.69) is 20.8 Å². The van der Waals surface area contributed by atoms with Crippen molar-refractivity contribution < 1.29 is 33.4 Å². The van der Waals surface area contributed by atoms with Gasteiger partial charge in [0, 0.05) is 44.5 Å². The van der Waals surface area contributed by atoms with Crippen LogP contribution in [0, 0.1) is 11.8 Å². The molecule has 0 aliphatic heterocycles. The topological polar surface area (TPSA) is 200 Å². The molecule has 1 aromatic rings. The van der Waals surface area contributed by atoms with Crippen molar-refractivity contribution in [1.29, 1.82) is 0 Å². The van der Waals surface area contributed by atoms with E-state index in [9.17, 15) is 19.2 Å². The van der Waals surface area contributed by atoms with Crippen molar-refractivity contribution in [2.45, 2.75) is 53.5 Å². The van der Waals surface area contributed by atoms with E-state index in [1.165, 1.54) is 0 Å². The summed E-state index contributed by atoms with van der Waals surface area (Å²) in [6, 6.07) is 7.27. The molecule has 0 radical (unpaired) electrons. The summed E-state index contributed by atoms with van der Waals surface area (Å²) in [6.45, 7) is 10.3. The molecule has 0 bridgehead atoms. The van der Waals surface area contributed by atoms with Crippen molar-refractivity contribution in [3.05, 3.63) is 35.4 Å². The van der Waals surface area contributed by atoms with Gasteiger partial charge in [0.15, 0.2) is 5.84 Å². The Morgan fingerprint density at radius 2 is 1.45 bits per heavy atom. The second kappa shape index (κ2) is 22.6. The zero-order chi connectivity index (χ0) is 32.7. The number of hydrogen-bond acceptors (Lipinski definition) is 9. The Balaban J connectivity index is 2.01. The van der Waals surface area contributed by atoms with E-state index in [0.717, 1.165) is 10.5 Å². The molecule has 1 rings (SSSR count). The lowest BCUT2D eigenvalue weighted by Crippen LogP contribution is -2.36. The number of imide groups is 1. The van der Waals surface area contributed by atoms with Gasteiger partial charge in [-0.3, -0.25) is 24.1 Å². The number of nitrogens with one attached hydrogen (secondary N) is 2. The Hall–Kier alpha value is -3.88. The second-order valence-corrected chi connectivity index (χ2v) is 10.5. The lowest BCUT2D eigenvalue weighted by Gasteiger charge is -2.20. The van der Waals surface area contributed by atoms with Crippen molar-refractivity contribution in [1.82, 2.24) is 15.5 Å². The lowest BCUT2D eigenvalue weighted by molar-refractivity contribution is -0.139. The summed E-state index contributed by atoms with van der Waals surface area (Å²) in [5.74, 6) is 0.386. The molecule has 6 N–H and O–H groups in total. The van der Waals surface area contributed by atoms with Crippen LogP contribution in [-0.4, -0.2) is 93.4 Å². The first-order valence-electron chi connectivity index (χ1n) is 14.8. The molecule has 0 aromatic heterocycles. The monoisotopic (exact) mass is 619 g/mol. The number of benzene rings is 1. The molecule has 1 aromatic carbocycles. The predicted octanol–water partition coefficient (Wildman–Crippen LogP) is 0.914. The van der Waals surface area contributed by atoms with Gasteiger partial charge in [-0.25, -0.2) is 0 Å². The molecule has 44 heavy (non-hydrogen) atoms. The van der Waals surface area contributed by atoms with E-state index in [4.69, 9.17) is 25.7 Å². The molecule has 246 valence electrons. The number of nitrogens with zero attached hydrogens (tertiary/aromatic N) is 3. The van der Waals surface area contributed by atoms with E-state index < -0.39 is 0 Å². The first kappa shape index (κ1) is 38.1. The van der Waals surface area contributed by atoms with Gasteiger partial charge in [-0.2, -0.15) is 0 Å². The molecule has 4 amide bonds. The summed E-state index contributed by atoms with van der Waals surface area (Å²) < 4.78 is 16.3. The largest absolute Gasteiger partial charge is 0.386 e. The van der Waals surface area contributed by atoms with Crippen LogP contribution in [0.5, 0.6) is 0 Å². The quantitative estimate of drug-likeness (QED) is 0.0452. The van der Waals surface area contributed by atoms with Gasteiger partial charge in [0.25, 0.3) is 0 Å². The lowest BCUT2D eigenvalue weighted by atomic mass is 9.94. The molecule has 0 heterocycles. The van der Waals surface area contributed by atoms with Crippen molar-refractivity contribution in [2.24, 2.45) is 33.5 Å². The van der Waals surface area contributed by atoms with Crippen LogP contribution in [0.2, 0.25) is 0 Å². The van der Waals surface area contributed by atoms with Crippen LogP contribution in [0.3, 0.4) is 0 Å². The number of amidine groups is 2. The average Bonchev–Trinajstić information content (AvgIpc) is 2.99. The number of carbonyl (C=O) groups excluding carboxylic acids is 4. The molecule has 0 aliphatic rings. The number of nitrogens with two attached hydrogens (primary N) is 2. The van der Waals surface area contributed by atoms with Crippen LogP contribution >= 0.6 is 0 Å². The Morgan fingerprint density at radius 1 is 0.864 bits per heavy atom. The zero-order valence-corrected chi connectivity index (χ0v) is 26.4. The third-order valence-electron chi connectivity index (χ3n) is 6.50. The normalized spacial score (nSPS) is 12.6. The second-order valence-electron chi connectivity index (χ2n) is 10.5. The highest BCUT2D eigenvalue weighted by Crippen LogP contribution is 2.15. The molecular weight excluding hydrogens is 570 g/mol. The third-order valence-corrected chi connectivity index (χ3v) is 6.50. The van der Waals surface area contributed by atoms with Gasteiger partial charge >= 0.3 is 0 Å². The minimum atomic E-state index is -0.272. The van der Waals surface area contributed by atoms with Gasteiger partial charge in [-0.1, -0.05) is 45.0 Å². The molecule has 0 fully saturated rings. The van der Waals surface area contributed by atoms with E-state index in [1.807, 2.05) is 32.9 Å². The minimum absolute atomic E-state index is 0.0394. The predicted molar refractivity (Wildman–Crippen MR) is 167 cm³/mol. The standard InChI is InChI=1S/C30H49N7O7/c1-22(2)23(3)19-29(41)37(21-38)12-9-27(39)33-11-14-43-16-18-44-17-15-42-13-10-28(40)34-20-25-5-7-26(8-6-25)30(32)36-35-24(4)31/h5-8,21-23H,9-20H2,1-4H3,(H2,31,35)(H2,32,36)(H,33,39)(H,34,40). The molecule has 0 saturated heterocycles. The van der Waals surface area contributed by atoms with Gasteiger partial charge in [0.1, 0.15) is 5.84 Å². The Morgan fingerprint density at radius 3 is 2.05 bits per heavy atom. The van der Waals surface area contributed by atoms with Crippen molar-refractivity contribution in [2.75, 3.05) is 52.7 Å². The fourth-order valence-electron chi connectivity index (χ4n) is 3.42. The van der Waals surface area contributed by atoms with Crippen molar-refractivity contribution in [3.8, 4) is 0 Å². The molecule has 0 spiro atoms. The van der Waals surface area contributed by atoms with Crippen molar-refractivity contribution in [3.63, 3.8) is 0 Å². The highest BCUT2D eigenvalue weighted by molar-refractivity contribution is 5.97. The maximum Gasteiger partial charge on any atom is 0.229 e. The van der Waals surface area contributed by atoms with Gasteiger partial charge in [0.05, 0.1) is 39.6 Å². The van der Waals surface area contributed by atoms with Gasteiger partial charge < -0.3 is 36.3 Å². The maximum atomic E-state index is 12.2. The summed E-state index contributed by atoms with van der Waals surface area (Å²) in [5.41, 5.74) is 12.9. The van der Waals surface area contributed by atoms with E-state index in [-0.39, 0.29) is 61.9 Å². The summed E-state index contributed by atoms with van der Waals surface area (Å²) in [4.78, 5) is 48.5. The number of rotatable bonds is 23. The van der Waals surface area contributed by atoms with Crippen LogP contribution < -0.4 is 22.1 Å². The summed E-state index contributed by atoms with van der Waals surface area (Å²) in [5, 5.41) is 13.1. The SMILES string of the molecule is C/C(N)=N/N=C(\N)c1ccc(CNC(=O)CCOCCOCCOCCNC(=O)CCN(C=O)C(=O)CC(C)C(C)C)cc1. The van der Waals surface area contributed by atoms with Crippen LogP contribution in [0.4, 0.5) is 0 Å². The first-order chi connectivity index (χ1) is 21.0. The first-order valence-corrected chi connectivity index (χ1v) is 14.8. The molecule has 14 nitrogen and oxygen atoms in total. The Kier molecular flexibility index (Phi) is 19.6. The van der Waals surface area contributed by atoms with E-state index in [0.29, 0.717) is 69.9 Å². The average molecular weight is 620 g/mol. The molecule has 1 unspecified atom stereocenters. The Labute approximate surface area is 259 Å². The highest BCUT2D eigenvalue weighted by Gasteiger charge is 2.18. The summed E-state index contributed by atoms with van der Waals surface area (Å²) in [7, 11) is 0. The Bertz CT molecular complexity index is 1070. The van der Waals surface area contributed by atoms with Crippen LogP contribution in [0.15, 0.2) is 34.5 Å².